The van der Waals surface area contributed by atoms with E-state index in [9.17, 15) is 0 Å². The van der Waals surface area contributed by atoms with Crippen LogP contribution in [0.5, 0.6) is 0 Å². The third kappa shape index (κ3) is 28.2. The van der Waals surface area contributed by atoms with E-state index >= 15 is 0 Å². The van der Waals surface area contributed by atoms with Gasteiger partial charge in [0, 0.05) is 47.8 Å². The van der Waals surface area contributed by atoms with Crippen LogP contribution in [0.2, 0.25) is 0 Å². The first-order valence-electron chi connectivity index (χ1n) is 9.03. The molecule has 4 rings (SSSR count). The van der Waals surface area contributed by atoms with Crippen LogP contribution < -0.4 is 9.97 Å². The average molecular weight is 599 g/mol. The predicted molar refractivity (Wildman–Crippen MR) is 123 cm³/mol. The minimum Gasteiger partial charge on any atom is -0.356 e. The van der Waals surface area contributed by atoms with Gasteiger partial charge in [0.1, 0.15) is 0 Å². The summed E-state index contributed by atoms with van der Waals surface area (Å²) in [5, 5.41) is 72.3. The molecule has 0 bridgehead atoms. The van der Waals surface area contributed by atoms with Gasteiger partial charge in [-0.05, 0) is 11.1 Å². The number of aromatic amines is 4. The second kappa shape index (κ2) is 23.8. The molecule has 0 aromatic carbocycles. The maximum Gasteiger partial charge on any atom is 2.00 e. The molecule has 0 spiro atoms. The third-order valence-corrected chi connectivity index (χ3v) is 3.10. The Morgan fingerprint density at radius 3 is 0.923 bits per heavy atom. The van der Waals surface area contributed by atoms with Crippen LogP contribution >= 0.6 is 0 Å². The van der Waals surface area contributed by atoms with E-state index in [1.807, 2.05) is 61.4 Å². The minimum absolute atomic E-state index is 0. The number of nitrogens with zero attached hydrogens (tertiary/aromatic N) is 6. The molecule has 0 atom stereocenters. The monoisotopic (exact) mass is 599 g/mol. The summed E-state index contributed by atoms with van der Waals surface area (Å²) in [6.45, 7) is 0. The van der Waals surface area contributed by atoms with Gasteiger partial charge in [-0.3, -0.25) is 10.2 Å². The van der Waals surface area contributed by atoms with Crippen LogP contribution in [0.4, 0.5) is 0 Å². The van der Waals surface area contributed by atoms with E-state index < -0.39 is 20.3 Å². The molecule has 211 valence electrons. The largest absolute Gasteiger partial charge is 2.00 e. The Hall–Kier alpha value is -5.97. The SMILES string of the molecule is O=[N+]([O-])[O-].O=[N+]([O-])[O-].O=[N+]([O-])[O-].O=[N+]([O-])[O-].[Co+2].c1cc(-c2cn[nH]c2)cc[nH+]1.c1cc(-c2cn[nH]c2)cc[nH+]1. The van der Waals surface area contributed by atoms with Gasteiger partial charge >= 0.3 is 16.8 Å². The molecule has 0 saturated heterocycles. The van der Waals surface area contributed by atoms with Gasteiger partial charge in [0.25, 0.3) is 0 Å². The van der Waals surface area contributed by atoms with Crippen LogP contribution in [0.25, 0.3) is 22.3 Å². The van der Waals surface area contributed by atoms with Crippen molar-refractivity contribution < 1.29 is 47.1 Å². The van der Waals surface area contributed by atoms with Crippen LogP contribution in [0.15, 0.2) is 73.8 Å². The molecule has 0 fully saturated rings. The summed E-state index contributed by atoms with van der Waals surface area (Å²) in [6, 6.07) is 8.02. The van der Waals surface area contributed by atoms with Gasteiger partial charge in [0.05, 0.1) is 32.7 Å². The quantitative estimate of drug-likeness (QED) is 0.238. The molecule has 4 heterocycles. The van der Waals surface area contributed by atoms with Crippen LogP contribution in [0.3, 0.4) is 0 Å². The molecule has 0 aliphatic carbocycles. The molecule has 4 aromatic heterocycles. The van der Waals surface area contributed by atoms with Gasteiger partial charge in [-0.15, -0.1) is 0 Å². The molecule has 4 aromatic rings. The summed E-state index contributed by atoms with van der Waals surface area (Å²) in [4.78, 5) is 38.9. The fraction of sp³-hybridized carbons (Fsp3) is 0. The summed E-state index contributed by atoms with van der Waals surface area (Å²) in [7, 11) is 0. The number of pyridine rings is 2. The van der Waals surface area contributed by atoms with Gasteiger partial charge in [-0.1, -0.05) is 0 Å². The second-order valence-corrected chi connectivity index (χ2v) is 5.45. The van der Waals surface area contributed by atoms with Crippen LogP contribution in [0.1, 0.15) is 0 Å². The summed E-state index contributed by atoms with van der Waals surface area (Å²) in [5.74, 6) is 0. The fourth-order valence-electron chi connectivity index (χ4n) is 1.98. The zero-order valence-corrected chi connectivity index (χ0v) is 19.9. The number of hydrogen-bond donors (Lipinski definition) is 2. The summed E-state index contributed by atoms with van der Waals surface area (Å²) < 4.78 is 0. The van der Waals surface area contributed by atoms with Crippen molar-refractivity contribution in [2.75, 3.05) is 0 Å². The predicted octanol–water partition coefficient (Wildman–Crippen LogP) is 0.823. The Kier molecular flexibility index (Phi) is 22.9. The van der Waals surface area contributed by atoms with Gasteiger partial charge in [-0.2, -0.15) is 10.2 Å². The van der Waals surface area contributed by atoms with Crippen molar-refractivity contribution in [1.82, 2.24) is 20.4 Å². The third-order valence-electron chi connectivity index (χ3n) is 3.10. The number of H-pyrrole nitrogens is 4. The number of hydrogen-bond acceptors (Lipinski definition) is 14. The Bertz CT molecular complexity index is 1040. The molecular formula is C16H16CoN10O12. The topological polar surface area (TPSA) is 350 Å². The van der Waals surface area contributed by atoms with Gasteiger partial charge in [0.2, 0.25) is 0 Å². The van der Waals surface area contributed by atoms with Crippen LogP contribution in [0, 0.1) is 61.3 Å². The maximum absolute atomic E-state index is 8.25. The van der Waals surface area contributed by atoms with Gasteiger partial charge in [-0.25, -0.2) is 9.97 Å². The van der Waals surface area contributed by atoms with E-state index in [0.29, 0.717) is 0 Å². The molecule has 0 aliphatic heterocycles. The molecule has 1 radical (unpaired) electrons. The molecular weight excluding hydrogens is 583 g/mol. The Morgan fingerprint density at radius 1 is 0.513 bits per heavy atom. The summed E-state index contributed by atoms with van der Waals surface area (Å²) in [5.41, 5.74) is 4.55. The molecule has 39 heavy (non-hydrogen) atoms. The molecule has 0 unspecified atom stereocenters. The average Bonchev–Trinajstić information content (AvgIpc) is 3.54. The van der Waals surface area contributed by atoms with Gasteiger partial charge in [0.15, 0.2) is 24.8 Å². The van der Waals surface area contributed by atoms with Crippen LogP contribution in [-0.4, -0.2) is 40.7 Å². The van der Waals surface area contributed by atoms with Crippen molar-refractivity contribution >= 4 is 0 Å². The molecule has 22 nitrogen and oxygen atoms in total. The Morgan fingerprint density at radius 2 is 0.744 bits per heavy atom. The maximum atomic E-state index is 8.25. The van der Waals surface area contributed by atoms with Crippen molar-refractivity contribution in [3.63, 3.8) is 0 Å². The van der Waals surface area contributed by atoms with Crippen LogP contribution in [-0.2, 0) is 16.8 Å². The smallest absolute Gasteiger partial charge is 0.356 e. The van der Waals surface area contributed by atoms with E-state index in [4.69, 9.17) is 61.3 Å². The molecule has 0 aliphatic rings. The zero-order chi connectivity index (χ0) is 29.3. The van der Waals surface area contributed by atoms with Crippen molar-refractivity contribution in [1.29, 1.82) is 0 Å². The number of rotatable bonds is 2. The molecule has 0 saturated carbocycles. The van der Waals surface area contributed by atoms with Crippen molar-refractivity contribution in [3.05, 3.63) is 135 Å². The standard InChI is InChI=1S/2C8H7N3.Co.4NO3/c2*1-3-9-4-2-7(1)8-5-10-11-6-8;;4*2-1(3)4/h2*1-6H,(H,10,11);;;;;/q;;+2;4*-1/p+2. The first kappa shape index (κ1) is 37.6. The van der Waals surface area contributed by atoms with E-state index in [1.165, 1.54) is 0 Å². The van der Waals surface area contributed by atoms with Crippen molar-refractivity contribution in [2.45, 2.75) is 0 Å². The minimum atomic E-state index is -1.75. The first-order chi connectivity index (χ1) is 17.9. The summed E-state index contributed by atoms with van der Waals surface area (Å²) >= 11 is 0. The zero-order valence-electron chi connectivity index (χ0n) is 18.8. The number of aromatic nitrogens is 6. The van der Waals surface area contributed by atoms with Gasteiger partial charge < -0.3 is 61.3 Å². The fourth-order valence-corrected chi connectivity index (χ4v) is 1.98. The Labute approximate surface area is 225 Å². The molecule has 23 heteroatoms. The summed E-state index contributed by atoms with van der Waals surface area (Å²) in [6.07, 6.45) is 14.9. The van der Waals surface area contributed by atoms with E-state index in [0.717, 1.165) is 22.3 Å². The van der Waals surface area contributed by atoms with E-state index in [1.54, 1.807) is 12.4 Å². The molecule has 0 amide bonds. The van der Waals surface area contributed by atoms with Crippen molar-refractivity contribution in [3.8, 4) is 22.3 Å². The number of nitrogens with one attached hydrogen (secondary N) is 4. The van der Waals surface area contributed by atoms with Crippen molar-refractivity contribution in [2.24, 2.45) is 0 Å². The first-order valence-corrected chi connectivity index (χ1v) is 9.03. The van der Waals surface area contributed by atoms with E-state index in [2.05, 4.69) is 30.4 Å². The molecule has 4 N–H and O–H groups in total. The second-order valence-electron chi connectivity index (χ2n) is 5.45. The van der Waals surface area contributed by atoms with E-state index in [-0.39, 0.29) is 16.8 Å². The Balaban J connectivity index is -0.000000432. The normalized spacial score (nSPS) is 8.00.